The molecule has 0 aromatic heterocycles. The molecule has 0 radical (unpaired) electrons. The Bertz CT molecular complexity index is 1580. The molecule has 4 amide bonds. The summed E-state index contributed by atoms with van der Waals surface area (Å²) in [6, 6.07) is 31.8. The van der Waals surface area contributed by atoms with E-state index in [0.717, 1.165) is 11.3 Å². The van der Waals surface area contributed by atoms with Gasteiger partial charge in [-0.15, -0.1) is 0 Å². The van der Waals surface area contributed by atoms with Crippen LogP contribution >= 0.6 is 0 Å². The van der Waals surface area contributed by atoms with Crippen LogP contribution in [-0.4, -0.2) is 55.7 Å². The van der Waals surface area contributed by atoms with Crippen LogP contribution < -0.4 is 25.2 Å². The summed E-state index contributed by atoms with van der Waals surface area (Å²) in [4.78, 5) is 52.8. The second-order valence-electron chi connectivity index (χ2n) is 9.93. The summed E-state index contributed by atoms with van der Waals surface area (Å²) in [5.41, 5.74) is 3.29. The van der Waals surface area contributed by atoms with Crippen molar-refractivity contribution in [3.63, 3.8) is 0 Å². The quantitative estimate of drug-likeness (QED) is 0.205. The summed E-state index contributed by atoms with van der Waals surface area (Å²) < 4.78 is 5.80. The van der Waals surface area contributed by atoms with E-state index in [0.29, 0.717) is 35.7 Å². The summed E-state index contributed by atoms with van der Waals surface area (Å²) in [6.45, 7) is -0.147. The lowest BCUT2D eigenvalue weighted by Gasteiger charge is -2.24. The third-order valence-corrected chi connectivity index (χ3v) is 6.72. The predicted octanol–water partition coefficient (Wildman–Crippen LogP) is 4.75. The highest BCUT2D eigenvalue weighted by molar-refractivity contribution is 5.99. The van der Waals surface area contributed by atoms with E-state index in [4.69, 9.17) is 9.84 Å². The Hall–Kier alpha value is -5.64. The molecule has 0 aliphatic rings. The molecule has 10 heteroatoms. The first-order chi connectivity index (χ1) is 21.3. The number of carboxylic acids is 1. The first-order valence-corrected chi connectivity index (χ1v) is 14.0. The topological polar surface area (TPSA) is 128 Å². The normalized spacial score (nSPS) is 10.4. The highest BCUT2D eigenvalue weighted by Crippen LogP contribution is 2.23. The number of urea groups is 1. The molecule has 4 rings (SSSR count). The number of carboxylic acid groups (broad SMARTS) is 1. The number of rotatable bonds is 13. The number of nitrogens with zero attached hydrogens (tertiary/aromatic N) is 2. The molecule has 10 nitrogen and oxygen atoms in total. The number of likely N-dealkylation sites (N-methyl/N-ethyl adjacent to an activating group) is 1. The summed E-state index contributed by atoms with van der Waals surface area (Å²) in [5.74, 6) is -1.15. The predicted molar refractivity (Wildman–Crippen MR) is 169 cm³/mol. The van der Waals surface area contributed by atoms with Crippen molar-refractivity contribution in [2.75, 3.05) is 41.9 Å². The van der Waals surface area contributed by atoms with E-state index in [-0.39, 0.29) is 31.4 Å². The number of ether oxygens (including phenoxy) is 1. The summed E-state index contributed by atoms with van der Waals surface area (Å²) >= 11 is 0. The molecule has 44 heavy (non-hydrogen) atoms. The molecule has 0 bridgehead atoms. The van der Waals surface area contributed by atoms with Gasteiger partial charge in [0.1, 0.15) is 5.75 Å². The number of hydrogen-bond acceptors (Lipinski definition) is 5. The number of carbonyl (C=O) groups excluding carboxylic acids is 3. The van der Waals surface area contributed by atoms with E-state index in [2.05, 4.69) is 10.6 Å². The average molecular weight is 595 g/mol. The second-order valence-corrected chi connectivity index (χ2v) is 9.93. The molecule has 0 atom stereocenters. The number of benzene rings is 4. The van der Waals surface area contributed by atoms with Crippen molar-refractivity contribution in [2.24, 2.45) is 0 Å². The van der Waals surface area contributed by atoms with Gasteiger partial charge < -0.3 is 30.3 Å². The maximum absolute atomic E-state index is 13.4. The maximum Gasteiger partial charge on any atom is 0.319 e. The molecule has 0 unspecified atom stereocenters. The standard InChI is InChI=1S/C34H34N4O6/c1-37(28-14-6-3-7-15-28)32(40)24-44-30-17-9-16-29(22-30)38(19-18-25-10-4-2-5-11-25)31(39)23-35-34(43)36-27-13-8-12-26(20-27)21-33(41)42/h2-17,20,22H,18-19,21,23-24H2,1H3,(H,41,42)(H2,35,36,43). The van der Waals surface area contributed by atoms with Crippen molar-refractivity contribution in [2.45, 2.75) is 12.8 Å². The van der Waals surface area contributed by atoms with Crippen molar-refractivity contribution >= 4 is 40.9 Å². The smallest absolute Gasteiger partial charge is 0.319 e. The van der Waals surface area contributed by atoms with E-state index in [1.54, 1.807) is 60.5 Å². The highest BCUT2D eigenvalue weighted by atomic mass is 16.5. The lowest BCUT2D eigenvalue weighted by molar-refractivity contribution is -0.136. The van der Waals surface area contributed by atoms with Gasteiger partial charge in [0.25, 0.3) is 5.91 Å². The SMILES string of the molecule is CN(C(=O)COc1cccc(N(CCc2ccccc2)C(=O)CNC(=O)Nc2cccc(CC(=O)O)c2)c1)c1ccccc1. The molecular formula is C34H34N4O6. The maximum atomic E-state index is 13.4. The van der Waals surface area contributed by atoms with Crippen molar-refractivity contribution in [3.8, 4) is 5.75 Å². The molecule has 0 saturated heterocycles. The first kappa shape index (κ1) is 31.3. The van der Waals surface area contributed by atoms with E-state index >= 15 is 0 Å². The van der Waals surface area contributed by atoms with Gasteiger partial charge in [-0.3, -0.25) is 14.4 Å². The van der Waals surface area contributed by atoms with Gasteiger partial charge in [0.15, 0.2) is 6.61 Å². The number of para-hydroxylation sites is 1. The molecule has 0 aliphatic carbocycles. The minimum Gasteiger partial charge on any atom is -0.484 e. The third kappa shape index (κ3) is 9.45. The molecule has 3 N–H and O–H groups in total. The van der Waals surface area contributed by atoms with E-state index < -0.39 is 12.0 Å². The average Bonchev–Trinajstić information content (AvgIpc) is 3.03. The number of carbonyl (C=O) groups is 4. The minimum atomic E-state index is -0.978. The van der Waals surface area contributed by atoms with Crippen molar-refractivity contribution in [1.82, 2.24) is 5.32 Å². The monoisotopic (exact) mass is 594 g/mol. The lowest BCUT2D eigenvalue weighted by atomic mass is 10.1. The third-order valence-electron chi connectivity index (χ3n) is 6.72. The molecule has 4 aromatic rings. The van der Waals surface area contributed by atoms with Crippen LogP contribution in [0.4, 0.5) is 21.9 Å². The van der Waals surface area contributed by atoms with Crippen LogP contribution in [0.2, 0.25) is 0 Å². The molecule has 0 saturated carbocycles. The van der Waals surface area contributed by atoms with Crippen LogP contribution in [-0.2, 0) is 27.2 Å². The molecule has 0 spiro atoms. The van der Waals surface area contributed by atoms with Gasteiger partial charge in [-0.2, -0.15) is 0 Å². The largest absolute Gasteiger partial charge is 0.484 e. The highest BCUT2D eigenvalue weighted by Gasteiger charge is 2.18. The fourth-order valence-electron chi connectivity index (χ4n) is 4.42. The molecule has 4 aromatic carbocycles. The summed E-state index contributed by atoms with van der Waals surface area (Å²) in [7, 11) is 1.68. The van der Waals surface area contributed by atoms with Crippen LogP contribution in [0.5, 0.6) is 5.75 Å². The van der Waals surface area contributed by atoms with Gasteiger partial charge >= 0.3 is 12.0 Å². The van der Waals surface area contributed by atoms with Gasteiger partial charge in [-0.25, -0.2) is 4.79 Å². The van der Waals surface area contributed by atoms with Gasteiger partial charge in [-0.05, 0) is 53.9 Å². The minimum absolute atomic E-state index is 0.174. The first-order valence-electron chi connectivity index (χ1n) is 14.0. The van der Waals surface area contributed by atoms with Gasteiger partial charge in [0.05, 0.1) is 13.0 Å². The fourth-order valence-corrected chi connectivity index (χ4v) is 4.42. The van der Waals surface area contributed by atoms with Crippen LogP contribution in [0.3, 0.4) is 0 Å². The van der Waals surface area contributed by atoms with Crippen LogP contribution in [0.15, 0.2) is 109 Å². The number of amides is 4. The molecule has 0 fully saturated rings. The number of anilines is 3. The Morgan fingerprint density at radius 2 is 1.41 bits per heavy atom. The van der Waals surface area contributed by atoms with E-state index in [1.807, 2.05) is 60.7 Å². The van der Waals surface area contributed by atoms with Gasteiger partial charge in [0, 0.05) is 36.7 Å². The fraction of sp³-hybridized carbons (Fsp3) is 0.176. The van der Waals surface area contributed by atoms with Crippen LogP contribution in [0, 0.1) is 0 Å². The number of aliphatic carboxylic acids is 1. The molecule has 0 heterocycles. The Morgan fingerprint density at radius 1 is 0.750 bits per heavy atom. The lowest BCUT2D eigenvalue weighted by Crippen LogP contribution is -2.42. The summed E-state index contributed by atoms with van der Waals surface area (Å²) in [5, 5.41) is 14.2. The Morgan fingerprint density at radius 3 is 2.14 bits per heavy atom. The van der Waals surface area contributed by atoms with Crippen LogP contribution in [0.1, 0.15) is 11.1 Å². The van der Waals surface area contributed by atoms with E-state index in [1.165, 1.54) is 4.90 Å². The Kier molecular flexibility index (Phi) is 11.1. The van der Waals surface area contributed by atoms with Crippen LogP contribution in [0.25, 0.3) is 0 Å². The molecule has 0 aliphatic heterocycles. The van der Waals surface area contributed by atoms with Crippen molar-refractivity contribution < 1.29 is 29.0 Å². The second kappa shape index (κ2) is 15.5. The molecule has 226 valence electrons. The molecular weight excluding hydrogens is 560 g/mol. The Balaban J connectivity index is 1.41. The number of nitrogens with one attached hydrogen (secondary N) is 2. The van der Waals surface area contributed by atoms with Crippen molar-refractivity contribution in [3.05, 3.63) is 120 Å². The van der Waals surface area contributed by atoms with Gasteiger partial charge in [-0.1, -0.05) is 66.7 Å². The zero-order chi connectivity index (χ0) is 31.3. The van der Waals surface area contributed by atoms with Crippen molar-refractivity contribution in [1.29, 1.82) is 0 Å². The summed E-state index contributed by atoms with van der Waals surface area (Å²) in [6.07, 6.45) is 0.396. The Labute approximate surface area is 255 Å². The zero-order valence-corrected chi connectivity index (χ0v) is 24.3. The van der Waals surface area contributed by atoms with E-state index in [9.17, 15) is 19.2 Å². The zero-order valence-electron chi connectivity index (χ0n) is 24.3. The van der Waals surface area contributed by atoms with Gasteiger partial charge in [0.2, 0.25) is 5.91 Å². The number of hydrogen-bond donors (Lipinski definition) is 3.